The zero-order chi connectivity index (χ0) is 10.3. The smallest absolute Gasteiger partial charge is 0.0946 e. The van der Waals surface area contributed by atoms with E-state index in [2.05, 4.69) is 49.1 Å². The molecule has 0 heterocycles. The maximum atomic E-state index is 8.78. The Morgan fingerprint density at radius 2 is 1.69 bits per heavy atom. The molecule has 0 spiro atoms. The molecule has 0 fully saturated rings. The topological polar surface area (TPSA) is 66.2 Å². The first-order valence-electron chi connectivity index (χ1n) is 3.20. The summed E-state index contributed by atoms with van der Waals surface area (Å²) in [5.41, 5.74) is 1.25. The van der Waals surface area contributed by atoms with Crippen LogP contribution in [0.2, 0.25) is 0 Å². The fraction of sp³-hybridized carbons (Fsp3) is 0.143. The molecule has 0 aliphatic heterocycles. The van der Waals surface area contributed by atoms with Crippen molar-refractivity contribution in [3.05, 3.63) is 35.9 Å². The highest BCUT2D eigenvalue weighted by molar-refractivity contribution is 9.24. The normalized spacial score (nSPS) is 11.8. The number of hydrogen-bond acceptors (Lipinski definition) is 2. The Labute approximate surface area is 96.4 Å². The molecule has 0 amide bonds. The average Bonchev–Trinajstić information content (AvgIpc) is 2.05. The van der Waals surface area contributed by atoms with Gasteiger partial charge in [0.15, 0.2) is 0 Å². The highest BCUT2D eigenvalue weighted by Gasteiger charge is 1.97. The number of rotatable bonds is 1. The maximum Gasteiger partial charge on any atom is 0.0946 e. The third-order valence-corrected chi connectivity index (χ3v) is 2.11. The van der Waals surface area contributed by atoms with Crippen molar-refractivity contribution < 1.29 is 8.76 Å². The van der Waals surface area contributed by atoms with E-state index in [0.29, 0.717) is 0 Å². The predicted molar refractivity (Wildman–Crippen MR) is 60.1 cm³/mol. The lowest BCUT2D eigenvalue weighted by molar-refractivity contribution is 0.539. The van der Waals surface area contributed by atoms with Crippen LogP contribution in [-0.4, -0.2) is 8.76 Å². The fourth-order valence-electron chi connectivity index (χ4n) is 0.599. The third-order valence-electron chi connectivity index (χ3n) is 1.05. The molecule has 0 aliphatic rings. The van der Waals surface area contributed by atoms with Gasteiger partial charge in [-0.15, -0.1) is 0 Å². The molecule has 2 N–H and O–H groups in total. The van der Waals surface area contributed by atoms with Crippen molar-refractivity contribution in [3.63, 3.8) is 0 Å². The van der Waals surface area contributed by atoms with E-state index in [1.807, 2.05) is 18.2 Å². The standard InChI is InChI=1S/C7H6Br2.H3NO2S/c8-7(9)6-4-2-1-3-5-6;1-4(2)3/h1-5,7H;1H2,(H,2,3)/p-1. The van der Waals surface area contributed by atoms with Crippen molar-refractivity contribution >= 4 is 43.1 Å². The predicted octanol–water partition coefficient (Wildman–Crippen LogP) is 2.21. The Bertz CT molecular complexity index is 252. The molecule has 0 bridgehead atoms. The lowest BCUT2D eigenvalue weighted by Gasteiger charge is -1.97. The van der Waals surface area contributed by atoms with Crippen molar-refractivity contribution in [2.24, 2.45) is 5.14 Å². The molecule has 3 nitrogen and oxygen atoms in total. The van der Waals surface area contributed by atoms with E-state index < -0.39 is 11.3 Å². The minimum atomic E-state index is -2.36. The molecule has 0 radical (unpaired) electrons. The second-order valence-corrected chi connectivity index (χ2v) is 5.55. The molecule has 0 aliphatic carbocycles. The van der Waals surface area contributed by atoms with E-state index in [-0.39, 0.29) is 3.74 Å². The Balaban J connectivity index is 0.000000310. The van der Waals surface area contributed by atoms with E-state index in [1.54, 1.807) is 0 Å². The number of alkyl halides is 2. The van der Waals surface area contributed by atoms with Crippen molar-refractivity contribution in [1.82, 2.24) is 0 Å². The van der Waals surface area contributed by atoms with Gasteiger partial charge in [0.25, 0.3) is 0 Å². The van der Waals surface area contributed by atoms with Crippen LogP contribution in [-0.2, 0) is 11.3 Å². The summed E-state index contributed by atoms with van der Waals surface area (Å²) in [6.45, 7) is 0. The van der Waals surface area contributed by atoms with Gasteiger partial charge in [-0.3, -0.25) is 9.35 Å². The first-order valence-corrected chi connectivity index (χ1v) is 6.17. The first-order chi connectivity index (χ1) is 6.04. The SMILES string of the molecule is BrC(Br)c1ccccc1.NS(=O)[O-]. The molecule has 13 heavy (non-hydrogen) atoms. The van der Waals surface area contributed by atoms with Crippen LogP contribution in [0.25, 0.3) is 0 Å². The van der Waals surface area contributed by atoms with Crippen LogP contribution in [0, 0.1) is 0 Å². The zero-order valence-corrected chi connectivity index (χ0v) is 10.5. The van der Waals surface area contributed by atoms with Gasteiger partial charge in [-0.2, -0.15) is 0 Å². The van der Waals surface area contributed by atoms with Crippen LogP contribution < -0.4 is 5.14 Å². The lowest BCUT2D eigenvalue weighted by atomic mass is 10.2. The summed E-state index contributed by atoms with van der Waals surface area (Å²) in [7, 11) is 0. The van der Waals surface area contributed by atoms with Gasteiger partial charge in [-0.25, -0.2) is 0 Å². The summed E-state index contributed by atoms with van der Waals surface area (Å²) >= 11 is 4.44. The quantitative estimate of drug-likeness (QED) is 0.634. The molecule has 1 rings (SSSR count). The highest BCUT2D eigenvalue weighted by atomic mass is 79.9. The second kappa shape index (κ2) is 7.64. The molecule has 0 saturated carbocycles. The number of nitrogens with two attached hydrogens (primary N) is 1. The van der Waals surface area contributed by atoms with Crippen LogP contribution in [0.5, 0.6) is 0 Å². The number of benzene rings is 1. The molecule has 1 unspecified atom stereocenters. The maximum absolute atomic E-state index is 8.78. The molecule has 6 heteroatoms. The van der Waals surface area contributed by atoms with E-state index in [4.69, 9.17) is 8.76 Å². The molecule has 1 atom stereocenters. The summed E-state index contributed by atoms with van der Waals surface area (Å²) in [5, 5.41) is 4.03. The van der Waals surface area contributed by atoms with E-state index in [1.165, 1.54) is 5.56 Å². The Kier molecular flexibility index (Phi) is 7.78. The van der Waals surface area contributed by atoms with E-state index in [0.717, 1.165) is 0 Å². The van der Waals surface area contributed by atoms with Gasteiger partial charge in [0, 0.05) is 11.3 Å². The van der Waals surface area contributed by atoms with Gasteiger partial charge in [-0.05, 0) is 5.56 Å². The van der Waals surface area contributed by atoms with Gasteiger partial charge in [0.2, 0.25) is 0 Å². The average molecular weight is 330 g/mol. The van der Waals surface area contributed by atoms with Gasteiger partial charge in [0.05, 0.1) is 3.74 Å². The Morgan fingerprint density at radius 1 is 1.31 bits per heavy atom. The zero-order valence-electron chi connectivity index (χ0n) is 6.52. The molecular formula is C7H8Br2NO2S-. The largest absolute Gasteiger partial charge is 0.760 e. The Hall–Kier alpha value is 0.250. The van der Waals surface area contributed by atoms with Crippen molar-refractivity contribution in [2.75, 3.05) is 0 Å². The van der Waals surface area contributed by atoms with Crippen molar-refractivity contribution in [3.8, 4) is 0 Å². The summed E-state index contributed by atoms with van der Waals surface area (Å²) in [4.78, 5) is 0. The minimum absolute atomic E-state index is 0.284. The second-order valence-electron chi connectivity index (χ2n) is 1.97. The summed E-state index contributed by atoms with van der Waals surface area (Å²) < 4.78 is 17.8. The number of halogens is 2. The van der Waals surface area contributed by atoms with Crippen molar-refractivity contribution in [2.45, 2.75) is 3.74 Å². The Morgan fingerprint density at radius 3 is 1.92 bits per heavy atom. The first kappa shape index (κ1) is 13.2. The van der Waals surface area contributed by atoms with Gasteiger partial charge < -0.3 is 4.55 Å². The summed E-state index contributed by atoms with van der Waals surface area (Å²) in [6, 6.07) is 10.2. The van der Waals surface area contributed by atoms with Gasteiger partial charge in [-0.1, -0.05) is 62.2 Å². The minimum Gasteiger partial charge on any atom is -0.760 e. The van der Waals surface area contributed by atoms with Crippen molar-refractivity contribution in [1.29, 1.82) is 0 Å². The van der Waals surface area contributed by atoms with Crippen LogP contribution in [0.1, 0.15) is 9.30 Å². The fourth-order valence-corrected chi connectivity index (χ4v) is 1.21. The molecule has 1 aromatic carbocycles. The molecule has 0 saturated heterocycles. The third kappa shape index (κ3) is 8.58. The van der Waals surface area contributed by atoms with Crippen LogP contribution in [0.4, 0.5) is 0 Å². The molecule has 1 aromatic rings. The van der Waals surface area contributed by atoms with Crippen LogP contribution in [0.3, 0.4) is 0 Å². The molecule has 74 valence electrons. The molecule has 0 aromatic heterocycles. The monoisotopic (exact) mass is 328 g/mol. The number of hydrogen-bond donors (Lipinski definition) is 1. The summed E-state index contributed by atoms with van der Waals surface area (Å²) in [5.74, 6) is 0. The highest BCUT2D eigenvalue weighted by Crippen LogP contribution is 2.28. The molecular weight excluding hydrogens is 322 g/mol. The lowest BCUT2D eigenvalue weighted by Crippen LogP contribution is -1.97. The van der Waals surface area contributed by atoms with E-state index in [9.17, 15) is 0 Å². The van der Waals surface area contributed by atoms with E-state index >= 15 is 0 Å². The van der Waals surface area contributed by atoms with Gasteiger partial charge >= 0.3 is 0 Å². The summed E-state index contributed by atoms with van der Waals surface area (Å²) in [6.07, 6.45) is 0. The van der Waals surface area contributed by atoms with Gasteiger partial charge in [0.1, 0.15) is 0 Å². The van der Waals surface area contributed by atoms with Crippen LogP contribution in [0.15, 0.2) is 30.3 Å². The van der Waals surface area contributed by atoms with Crippen LogP contribution >= 0.6 is 31.9 Å².